The smallest absolute Gasteiger partial charge is 0.278 e. The summed E-state index contributed by atoms with van der Waals surface area (Å²) < 4.78 is 16.4. The fourth-order valence-corrected chi connectivity index (χ4v) is 2.73. The highest BCUT2D eigenvalue weighted by Crippen LogP contribution is 2.29. The Kier molecular flexibility index (Phi) is 7.92. The second-order valence-electron chi connectivity index (χ2n) is 5.54. The molecule has 1 heterocycles. The van der Waals surface area contributed by atoms with Gasteiger partial charge in [-0.1, -0.05) is 12.1 Å². The summed E-state index contributed by atoms with van der Waals surface area (Å²) >= 11 is 3.40. The van der Waals surface area contributed by atoms with Gasteiger partial charge >= 0.3 is 0 Å². The van der Waals surface area contributed by atoms with Gasteiger partial charge in [-0.25, -0.2) is 10.4 Å². The number of carbonyl (C=O) groups excluding carboxylic acids is 1. The van der Waals surface area contributed by atoms with E-state index in [4.69, 9.17) is 14.2 Å². The second-order valence-corrected chi connectivity index (χ2v) is 6.33. The van der Waals surface area contributed by atoms with E-state index in [-0.39, 0.29) is 24.7 Å². The van der Waals surface area contributed by atoms with E-state index in [1.54, 1.807) is 26.2 Å². The number of hydrogen-bond donors (Lipinski definition) is 1. The minimum absolute atomic E-state index is 0.0686. The highest BCUT2D eigenvalue weighted by Gasteiger charge is 2.18. The molecule has 1 aromatic heterocycles. The number of halogens is 1. The van der Waals surface area contributed by atoms with Crippen molar-refractivity contribution in [3.8, 4) is 17.7 Å². The van der Waals surface area contributed by atoms with Crippen LogP contribution in [0.5, 0.6) is 11.6 Å². The number of nitriles is 1. The van der Waals surface area contributed by atoms with E-state index < -0.39 is 5.91 Å². The summed E-state index contributed by atoms with van der Waals surface area (Å²) in [5, 5.41) is 13.3. The molecule has 0 aliphatic heterocycles. The lowest BCUT2D eigenvalue weighted by atomic mass is 10.1. The minimum Gasteiger partial charge on any atom is -0.496 e. The van der Waals surface area contributed by atoms with Crippen LogP contribution in [0.2, 0.25) is 0 Å². The number of carbonyl (C=O) groups is 1. The Labute approximate surface area is 171 Å². The molecule has 0 saturated heterocycles. The van der Waals surface area contributed by atoms with E-state index >= 15 is 0 Å². The molecule has 0 radical (unpaired) electrons. The maximum Gasteiger partial charge on any atom is 0.278 e. The van der Waals surface area contributed by atoms with Crippen LogP contribution < -0.4 is 14.9 Å². The molecule has 0 aliphatic rings. The molecule has 1 N–H and O–H groups in total. The Morgan fingerprint density at radius 2 is 2.14 bits per heavy atom. The number of para-hydroxylation sites is 1. The lowest BCUT2D eigenvalue weighted by Crippen LogP contribution is -2.25. The van der Waals surface area contributed by atoms with Gasteiger partial charge in [-0.3, -0.25) is 4.79 Å². The number of hydrazone groups is 1. The molecule has 0 spiro atoms. The number of hydrogen-bond acceptors (Lipinski definition) is 7. The number of aryl methyl sites for hydroxylation is 1. The summed E-state index contributed by atoms with van der Waals surface area (Å²) in [6.45, 7) is 1.62. The molecule has 0 unspecified atom stereocenters. The van der Waals surface area contributed by atoms with Gasteiger partial charge in [0.1, 0.15) is 17.4 Å². The van der Waals surface area contributed by atoms with Crippen LogP contribution >= 0.6 is 15.9 Å². The zero-order valence-corrected chi connectivity index (χ0v) is 17.2. The molecule has 0 bridgehead atoms. The summed E-state index contributed by atoms with van der Waals surface area (Å²) in [6, 6.07) is 9.30. The average molecular weight is 447 g/mol. The molecular weight excluding hydrogens is 428 g/mol. The minimum atomic E-state index is -0.495. The number of rotatable bonds is 8. The quantitative estimate of drug-likeness (QED) is 0.493. The third kappa shape index (κ3) is 5.28. The van der Waals surface area contributed by atoms with Crippen LogP contribution in [0.25, 0.3) is 0 Å². The molecule has 28 heavy (non-hydrogen) atoms. The summed E-state index contributed by atoms with van der Waals surface area (Å²) in [4.78, 5) is 16.2. The molecule has 1 aromatic carbocycles. The van der Waals surface area contributed by atoms with Crippen molar-refractivity contribution in [2.45, 2.75) is 13.5 Å². The summed E-state index contributed by atoms with van der Waals surface area (Å²) in [7, 11) is 3.08. The number of pyridine rings is 1. The van der Waals surface area contributed by atoms with Crippen molar-refractivity contribution in [3.63, 3.8) is 0 Å². The SMILES string of the molecule is COCc1c(Br)c(C)nc(OCC(=O)N/N=C\c2ccccc2OC)c1C#N. The van der Waals surface area contributed by atoms with Crippen molar-refractivity contribution in [3.05, 3.63) is 51.1 Å². The van der Waals surface area contributed by atoms with Crippen LogP contribution in [0, 0.1) is 18.3 Å². The Morgan fingerprint density at radius 1 is 1.39 bits per heavy atom. The number of nitrogens with zero attached hydrogens (tertiary/aromatic N) is 3. The van der Waals surface area contributed by atoms with Crippen LogP contribution in [-0.2, 0) is 16.1 Å². The maximum atomic E-state index is 12.0. The number of ether oxygens (including phenoxy) is 3. The molecule has 0 atom stereocenters. The third-order valence-corrected chi connectivity index (χ3v) is 4.69. The first-order valence-electron chi connectivity index (χ1n) is 8.17. The Balaban J connectivity index is 2.05. The third-order valence-electron chi connectivity index (χ3n) is 3.64. The number of methoxy groups -OCH3 is 2. The van der Waals surface area contributed by atoms with Crippen LogP contribution in [0.3, 0.4) is 0 Å². The molecule has 0 saturated carbocycles. The first-order chi connectivity index (χ1) is 13.5. The number of benzene rings is 1. The Morgan fingerprint density at radius 3 is 2.82 bits per heavy atom. The summed E-state index contributed by atoms with van der Waals surface area (Å²) in [6.07, 6.45) is 1.47. The summed E-state index contributed by atoms with van der Waals surface area (Å²) in [5.74, 6) is 0.209. The molecule has 2 rings (SSSR count). The number of nitrogens with one attached hydrogen (secondary N) is 1. The van der Waals surface area contributed by atoms with Gasteiger partial charge < -0.3 is 14.2 Å². The molecule has 0 aliphatic carbocycles. The van der Waals surface area contributed by atoms with Crippen LogP contribution in [0.1, 0.15) is 22.4 Å². The van der Waals surface area contributed by atoms with Crippen molar-refractivity contribution >= 4 is 28.1 Å². The lowest BCUT2D eigenvalue weighted by molar-refractivity contribution is -0.123. The number of amides is 1. The van der Waals surface area contributed by atoms with Crippen molar-refractivity contribution in [2.24, 2.45) is 5.10 Å². The highest BCUT2D eigenvalue weighted by atomic mass is 79.9. The van der Waals surface area contributed by atoms with Gasteiger partial charge in [0, 0.05) is 22.7 Å². The topological polar surface area (TPSA) is 106 Å². The van der Waals surface area contributed by atoms with Crippen molar-refractivity contribution in [1.82, 2.24) is 10.4 Å². The Bertz CT molecular complexity index is 925. The zero-order chi connectivity index (χ0) is 20.5. The van der Waals surface area contributed by atoms with Crippen molar-refractivity contribution in [2.75, 3.05) is 20.8 Å². The van der Waals surface area contributed by atoms with Crippen molar-refractivity contribution < 1.29 is 19.0 Å². The first kappa shape index (κ1) is 21.3. The average Bonchev–Trinajstić information content (AvgIpc) is 2.70. The lowest BCUT2D eigenvalue weighted by Gasteiger charge is -2.13. The van der Waals surface area contributed by atoms with E-state index in [9.17, 15) is 10.1 Å². The molecule has 0 fully saturated rings. The predicted molar refractivity (Wildman–Crippen MR) is 106 cm³/mol. The fourth-order valence-electron chi connectivity index (χ4n) is 2.33. The normalized spacial score (nSPS) is 10.5. The van der Waals surface area contributed by atoms with E-state index in [1.807, 2.05) is 18.2 Å². The maximum absolute atomic E-state index is 12.0. The van der Waals surface area contributed by atoms with Crippen molar-refractivity contribution in [1.29, 1.82) is 5.26 Å². The molecule has 146 valence electrons. The van der Waals surface area contributed by atoms with Gasteiger partial charge in [0.05, 0.1) is 25.6 Å². The molecule has 1 amide bonds. The standard InChI is InChI=1S/C19H19BrN4O4/c1-12-18(20)15(10-26-2)14(8-21)19(23-12)28-11-17(25)24-22-9-13-6-4-5-7-16(13)27-3/h4-7,9H,10-11H2,1-3H3,(H,24,25)/b22-9-. The van der Waals surface area contributed by atoms with E-state index in [1.165, 1.54) is 13.3 Å². The van der Waals surface area contributed by atoms with Gasteiger partial charge in [-0.05, 0) is 35.0 Å². The molecular formula is C19H19BrN4O4. The largest absolute Gasteiger partial charge is 0.496 e. The molecule has 9 heteroatoms. The summed E-state index contributed by atoms with van der Waals surface area (Å²) in [5.41, 5.74) is 4.52. The van der Waals surface area contributed by atoms with Crippen LogP contribution in [0.4, 0.5) is 0 Å². The van der Waals surface area contributed by atoms with E-state index in [2.05, 4.69) is 31.4 Å². The fraction of sp³-hybridized carbons (Fsp3) is 0.263. The van der Waals surface area contributed by atoms with Gasteiger partial charge in [0.25, 0.3) is 5.91 Å². The van der Waals surface area contributed by atoms with Gasteiger partial charge in [-0.15, -0.1) is 0 Å². The van der Waals surface area contributed by atoms with E-state index in [0.29, 0.717) is 27.0 Å². The van der Waals surface area contributed by atoms with Gasteiger partial charge in [-0.2, -0.15) is 10.4 Å². The monoisotopic (exact) mass is 446 g/mol. The molecule has 8 nitrogen and oxygen atoms in total. The predicted octanol–water partition coefficient (Wildman–Crippen LogP) is 2.71. The second kappa shape index (κ2) is 10.4. The Hall–Kier alpha value is -2.96. The molecule has 2 aromatic rings. The van der Waals surface area contributed by atoms with E-state index in [0.717, 1.165) is 0 Å². The number of aromatic nitrogens is 1. The zero-order valence-electron chi connectivity index (χ0n) is 15.7. The van der Waals surface area contributed by atoms with Gasteiger partial charge in [0.15, 0.2) is 6.61 Å². The first-order valence-corrected chi connectivity index (χ1v) is 8.96. The van der Waals surface area contributed by atoms with Crippen LogP contribution in [0.15, 0.2) is 33.8 Å². The highest BCUT2D eigenvalue weighted by molar-refractivity contribution is 9.10. The van der Waals surface area contributed by atoms with Crippen LogP contribution in [-0.4, -0.2) is 37.9 Å². The van der Waals surface area contributed by atoms with Gasteiger partial charge in [0.2, 0.25) is 5.88 Å².